The van der Waals surface area contributed by atoms with Gasteiger partial charge in [0.2, 0.25) is 0 Å². The molecular weight excluding hydrogens is 395 g/mol. The van der Waals surface area contributed by atoms with Gasteiger partial charge in [0.1, 0.15) is 11.5 Å². The molecule has 0 aliphatic heterocycles. The second-order valence-electron chi connectivity index (χ2n) is 6.23. The number of aryl methyl sites for hydroxylation is 1. The van der Waals surface area contributed by atoms with E-state index < -0.39 is 23.6 Å². The third kappa shape index (κ3) is 4.66. The lowest BCUT2D eigenvalue weighted by Crippen LogP contribution is -2.24. The summed E-state index contributed by atoms with van der Waals surface area (Å²) in [4.78, 5) is 36.6. The lowest BCUT2D eigenvalue weighted by Gasteiger charge is -2.11. The first-order chi connectivity index (χ1) is 14.4. The number of ether oxygens (including phenoxy) is 1. The molecule has 3 rings (SSSR count). The van der Waals surface area contributed by atoms with Crippen LogP contribution in [0.15, 0.2) is 47.1 Å². The average Bonchev–Trinajstić information content (AvgIpc) is 3.17. The zero-order valence-corrected chi connectivity index (χ0v) is 16.1. The summed E-state index contributed by atoms with van der Waals surface area (Å²) in [6, 6.07) is 9.94. The van der Waals surface area contributed by atoms with Gasteiger partial charge in [0.05, 0.1) is 18.2 Å². The summed E-state index contributed by atoms with van der Waals surface area (Å²) < 4.78 is 23.1. The predicted molar refractivity (Wildman–Crippen MR) is 102 cm³/mol. The van der Waals surface area contributed by atoms with E-state index >= 15 is 0 Å². The molecule has 1 aromatic heterocycles. The van der Waals surface area contributed by atoms with Crippen molar-refractivity contribution < 1.29 is 28.1 Å². The van der Waals surface area contributed by atoms with Gasteiger partial charge in [-0.05, 0) is 48.0 Å². The molecule has 0 atom stereocenters. The molecule has 0 radical (unpaired) electrons. The van der Waals surface area contributed by atoms with Gasteiger partial charge >= 0.3 is 5.97 Å². The third-order valence-corrected chi connectivity index (χ3v) is 4.11. The average molecular weight is 412 g/mol. The van der Waals surface area contributed by atoms with Crippen LogP contribution in [0.25, 0.3) is 0 Å². The van der Waals surface area contributed by atoms with Crippen LogP contribution in [0, 0.1) is 12.7 Å². The largest absolute Gasteiger partial charge is 0.465 e. The Balaban J connectivity index is 1.82. The lowest BCUT2D eigenvalue weighted by molar-refractivity contribution is 0.0600. The van der Waals surface area contributed by atoms with Gasteiger partial charge in [-0.3, -0.25) is 9.59 Å². The fourth-order valence-electron chi connectivity index (χ4n) is 2.65. The first-order valence-corrected chi connectivity index (χ1v) is 8.74. The summed E-state index contributed by atoms with van der Waals surface area (Å²) in [5.41, 5.74) is 1.08. The minimum Gasteiger partial charge on any atom is -0.465 e. The number of carbonyl (C=O) groups is 3. The van der Waals surface area contributed by atoms with Crippen molar-refractivity contribution >= 4 is 23.5 Å². The van der Waals surface area contributed by atoms with E-state index in [1.807, 2.05) is 0 Å². The SMILES string of the molecule is COC(=O)c1cc(CNC(=O)c2nonc2C)cc(NC(=O)c2ccccc2F)c1. The normalized spacial score (nSPS) is 10.4. The number of nitrogens with one attached hydrogen (secondary N) is 2. The van der Waals surface area contributed by atoms with Gasteiger partial charge < -0.3 is 15.4 Å². The fourth-order valence-corrected chi connectivity index (χ4v) is 2.65. The highest BCUT2D eigenvalue weighted by molar-refractivity contribution is 6.05. The molecule has 1 heterocycles. The highest BCUT2D eigenvalue weighted by atomic mass is 19.1. The van der Waals surface area contributed by atoms with Crippen molar-refractivity contribution in [2.24, 2.45) is 0 Å². The van der Waals surface area contributed by atoms with Gasteiger partial charge in [-0.1, -0.05) is 17.3 Å². The molecule has 0 aliphatic rings. The molecule has 9 nitrogen and oxygen atoms in total. The summed E-state index contributed by atoms with van der Waals surface area (Å²) in [7, 11) is 1.22. The van der Waals surface area contributed by atoms with Crippen molar-refractivity contribution in [2.45, 2.75) is 13.5 Å². The number of aromatic nitrogens is 2. The zero-order chi connectivity index (χ0) is 21.7. The molecular formula is C20H17FN4O5. The number of nitrogens with zero attached hydrogens (tertiary/aromatic N) is 2. The van der Waals surface area contributed by atoms with Gasteiger partial charge in [0.15, 0.2) is 5.69 Å². The van der Waals surface area contributed by atoms with Crippen molar-refractivity contribution in [3.05, 3.63) is 76.4 Å². The van der Waals surface area contributed by atoms with E-state index in [0.717, 1.165) is 0 Å². The van der Waals surface area contributed by atoms with Gasteiger partial charge in [0, 0.05) is 12.2 Å². The van der Waals surface area contributed by atoms with Crippen LogP contribution in [0.1, 0.15) is 42.5 Å². The molecule has 0 aliphatic carbocycles. The Kier molecular flexibility index (Phi) is 6.16. The molecule has 0 saturated carbocycles. The number of anilines is 1. The van der Waals surface area contributed by atoms with E-state index in [1.165, 1.54) is 43.5 Å². The molecule has 0 saturated heterocycles. The quantitative estimate of drug-likeness (QED) is 0.596. The topological polar surface area (TPSA) is 123 Å². The Bertz CT molecular complexity index is 1110. The van der Waals surface area contributed by atoms with Gasteiger partial charge in [-0.15, -0.1) is 0 Å². The first-order valence-electron chi connectivity index (χ1n) is 8.74. The van der Waals surface area contributed by atoms with E-state index in [9.17, 15) is 18.8 Å². The van der Waals surface area contributed by atoms with E-state index in [0.29, 0.717) is 11.3 Å². The highest BCUT2D eigenvalue weighted by Crippen LogP contribution is 2.18. The molecule has 2 aromatic carbocycles. The van der Waals surface area contributed by atoms with E-state index in [4.69, 9.17) is 4.74 Å². The van der Waals surface area contributed by atoms with Crippen molar-refractivity contribution in [1.82, 2.24) is 15.6 Å². The smallest absolute Gasteiger partial charge is 0.337 e. The number of amides is 2. The Morgan fingerprint density at radius 2 is 1.87 bits per heavy atom. The predicted octanol–water partition coefficient (Wildman–Crippen LogP) is 2.49. The number of halogens is 1. The molecule has 0 unspecified atom stereocenters. The Labute approximate surface area is 170 Å². The first kappa shape index (κ1) is 20.6. The van der Waals surface area contributed by atoms with Crippen LogP contribution < -0.4 is 10.6 Å². The summed E-state index contributed by atoms with van der Waals surface area (Å²) in [6.07, 6.45) is 0. The van der Waals surface area contributed by atoms with E-state index in [1.54, 1.807) is 13.0 Å². The van der Waals surface area contributed by atoms with Crippen LogP contribution >= 0.6 is 0 Å². The van der Waals surface area contributed by atoms with Crippen LogP contribution in [0.2, 0.25) is 0 Å². The molecule has 154 valence electrons. The summed E-state index contributed by atoms with van der Waals surface area (Å²) in [5, 5.41) is 12.2. The zero-order valence-electron chi connectivity index (χ0n) is 16.1. The number of benzene rings is 2. The minimum absolute atomic E-state index is 0.0124. The van der Waals surface area contributed by atoms with E-state index in [-0.39, 0.29) is 29.1 Å². The van der Waals surface area contributed by atoms with Crippen molar-refractivity contribution in [2.75, 3.05) is 12.4 Å². The number of methoxy groups -OCH3 is 1. The number of hydrogen-bond acceptors (Lipinski definition) is 7. The standard InChI is InChI=1S/C20H17FN4O5/c1-11-17(25-30-24-11)19(27)22-10-12-7-13(20(28)29-2)9-14(8-12)23-18(26)15-5-3-4-6-16(15)21/h3-9H,10H2,1-2H3,(H,22,27)(H,23,26). The molecule has 10 heteroatoms. The molecule has 3 aromatic rings. The van der Waals surface area contributed by atoms with Gasteiger partial charge in [-0.2, -0.15) is 0 Å². The maximum Gasteiger partial charge on any atom is 0.337 e. The van der Waals surface area contributed by atoms with Crippen molar-refractivity contribution in [1.29, 1.82) is 0 Å². The third-order valence-electron chi connectivity index (χ3n) is 4.11. The van der Waals surface area contributed by atoms with Gasteiger partial charge in [0.25, 0.3) is 11.8 Å². The summed E-state index contributed by atoms with van der Waals surface area (Å²) >= 11 is 0. The lowest BCUT2D eigenvalue weighted by atomic mass is 10.1. The second kappa shape index (κ2) is 8.95. The molecule has 0 spiro atoms. The molecule has 2 amide bonds. The van der Waals surface area contributed by atoms with E-state index in [2.05, 4.69) is 25.6 Å². The second-order valence-corrected chi connectivity index (χ2v) is 6.23. The molecule has 0 bridgehead atoms. The van der Waals surface area contributed by atoms with Crippen molar-refractivity contribution in [3.63, 3.8) is 0 Å². The van der Waals surface area contributed by atoms with Crippen LogP contribution in [-0.4, -0.2) is 35.2 Å². The monoisotopic (exact) mass is 412 g/mol. The van der Waals surface area contributed by atoms with Crippen LogP contribution in [0.5, 0.6) is 0 Å². The number of hydrogen-bond donors (Lipinski definition) is 2. The van der Waals surface area contributed by atoms with Crippen LogP contribution in [0.3, 0.4) is 0 Å². The van der Waals surface area contributed by atoms with Crippen molar-refractivity contribution in [3.8, 4) is 0 Å². The molecule has 30 heavy (non-hydrogen) atoms. The number of esters is 1. The fraction of sp³-hybridized carbons (Fsp3) is 0.150. The van der Waals surface area contributed by atoms with Gasteiger partial charge in [-0.25, -0.2) is 13.8 Å². The molecule has 0 fully saturated rings. The maximum absolute atomic E-state index is 13.9. The number of rotatable bonds is 6. The maximum atomic E-state index is 13.9. The highest BCUT2D eigenvalue weighted by Gasteiger charge is 2.17. The Hall–Kier alpha value is -4.08. The Morgan fingerprint density at radius 3 is 2.53 bits per heavy atom. The minimum atomic E-state index is -0.686. The van der Waals surface area contributed by atoms with Crippen LogP contribution in [-0.2, 0) is 11.3 Å². The van der Waals surface area contributed by atoms with Crippen LogP contribution in [0.4, 0.5) is 10.1 Å². The molecule has 2 N–H and O–H groups in total. The number of carbonyl (C=O) groups excluding carboxylic acids is 3. The summed E-state index contributed by atoms with van der Waals surface area (Å²) in [5.74, 6) is -2.52. The summed E-state index contributed by atoms with van der Waals surface area (Å²) in [6.45, 7) is 1.58. The Morgan fingerprint density at radius 1 is 1.10 bits per heavy atom.